The first kappa shape index (κ1) is 14.0. The van der Waals surface area contributed by atoms with Crippen LogP contribution in [0.4, 0.5) is 5.82 Å². The van der Waals surface area contributed by atoms with Crippen LogP contribution in [0.15, 0.2) is 24.7 Å². The molecule has 1 aliphatic heterocycles. The Morgan fingerprint density at radius 2 is 2.24 bits per heavy atom. The molecule has 2 aromatic rings. The molecule has 6 heteroatoms. The fourth-order valence-electron chi connectivity index (χ4n) is 2.58. The summed E-state index contributed by atoms with van der Waals surface area (Å²) in [5, 5.41) is 11.6. The van der Waals surface area contributed by atoms with Crippen molar-refractivity contribution in [1.82, 2.24) is 25.1 Å². The van der Waals surface area contributed by atoms with Gasteiger partial charge in [0.15, 0.2) is 5.82 Å². The van der Waals surface area contributed by atoms with Crippen LogP contribution in [0.2, 0.25) is 0 Å². The molecule has 0 saturated carbocycles. The van der Waals surface area contributed by atoms with Crippen molar-refractivity contribution < 1.29 is 0 Å². The first-order valence-electron chi connectivity index (χ1n) is 7.59. The molecule has 0 fully saturated rings. The summed E-state index contributed by atoms with van der Waals surface area (Å²) in [6, 6.07) is 4.61. The van der Waals surface area contributed by atoms with Gasteiger partial charge in [0.2, 0.25) is 0 Å². The highest BCUT2D eigenvalue weighted by atomic mass is 15.3. The predicted molar refractivity (Wildman–Crippen MR) is 82.0 cm³/mol. The molecule has 1 N–H and O–H groups in total. The van der Waals surface area contributed by atoms with E-state index in [4.69, 9.17) is 0 Å². The molecule has 21 heavy (non-hydrogen) atoms. The fourth-order valence-corrected chi connectivity index (χ4v) is 2.58. The molecule has 0 aliphatic carbocycles. The Balaban J connectivity index is 1.67. The molecular formula is C15H22N6. The van der Waals surface area contributed by atoms with Crippen LogP contribution in [-0.4, -0.2) is 32.8 Å². The number of aromatic nitrogens is 4. The first-order chi connectivity index (χ1) is 10.3. The van der Waals surface area contributed by atoms with Gasteiger partial charge in [-0.05, 0) is 31.5 Å². The van der Waals surface area contributed by atoms with Crippen molar-refractivity contribution in [3.63, 3.8) is 0 Å². The zero-order valence-electron chi connectivity index (χ0n) is 12.7. The molecular weight excluding hydrogens is 264 g/mol. The number of hydrogen-bond donors (Lipinski definition) is 1. The average Bonchev–Trinajstić information content (AvgIpc) is 3.00. The van der Waals surface area contributed by atoms with Crippen molar-refractivity contribution in [2.75, 3.05) is 18.0 Å². The van der Waals surface area contributed by atoms with Crippen molar-refractivity contribution in [3.05, 3.63) is 36.0 Å². The van der Waals surface area contributed by atoms with E-state index >= 15 is 0 Å². The van der Waals surface area contributed by atoms with Crippen LogP contribution in [0.1, 0.15) is 37.7 Å². The van der Waals surface area contributed by atoms with Gasteiger partial charge in [-0.3, -0.25) is 0 Å². The molecule has 0 aromatic carbocycles. The van der Waals surface area contributed by atoms with Crippen LogP contribution in [0.5, 0.6) is 0 Å². The Bertz CT molecular complexity index is 576. The normalized spacial score (nSPS) is 15.8. The van der Waals surface area contributed by atoms with Gasteiger partial charge in [0.25, 0.3) is 0 Å². The van der Waals surface area contributed by atoms with Gasteiger partial charge in [0.05, 0.1) is 6.54 Å². The van der Waals surface area contributed by atoms with Crippen molar-refractivity contribution >= 4 is 5.82 Å². The molecule has 6 nitrogen and oxygen atoms in total. The lowest BCUT2D eigenvalue weighted by Gasteiger charge is -2.28. The first-order valence-corrected chi connectivity index (χ1v) is 7.59. The van der Waals surface area contributed by atoms with Gasteiger partial charge >= 0.3 is 0 Å². The van der Waals surface area contributed by atoms with E-state index in [1.54, 1.807) is 6.33 Å². The summed E-state index contributed by atoms with van der Waals surface area (Å²) < 4.78 is 2.10. The standard InChI is InChI=1S/C15H22N6/c1-3-6-16-12(2)13-4-5-14(17-9-13)20-7-8-21-11-18-19-15(21)10-20/h4-5,9,11-12,16H,3,6-8,10H2,1-2H3. The number of nitrogens with zero attached hydrogens (tertiary/aromatic N) is 5. The van der Waals surface area contributed by atoms with Gasteiger partial charge in [-0.25, -0.2) is 4.98 Å². The molecule has 112 valence electrons. The Labute approximate surface area is 125 Å². The summed E-state index contributed by atoms with van der Waals surface area (Å²) in [7, 11) is 0. The monoisotopic (exact) mass is 286 g/mol. The number of pyridine rings is 1. The zero-order chi connectivity index (χ0) is 14.7. The maximum Gasteiger partial charge on any atom is 0.152 e. The third-order valence-corrected chi connectivity index (χ3v) is 3.93. The van der Waals surface area contributed by atoms with Crippen molar-refractivity contribution in [2.24, 2.45) is 0 Å². The maximum absolute atomic E-state index is 4.62. The number of anilines is 1. The van der Waals surface area contributed by atoms with E-state index in [1.165, 1.54) is 5.56 Å². The Hall–Kier alpha value is -1.95. The molecule has 1 aliphatic rings. The Morgan fingerprint density at radius 1 is 1.33 bits per heavy atom. The highest BCUT2D eigenvalue weighted by Crippen LogP contribution is 2.19. The molecule has 1 unspecified atom stereocenters. The number of hydrogen-bond acceptors (Lipinski definition) is 5. The van der Waals surface area contributed by atoms with Gasteiger partial charge in [0.1, 0.15) is 12.1 Å². The van der Waals surface area contributed by atoms with Crippen LogP contribution in [-0.2, 0) is 13.1 Å². The molecule has 3 rings (SSSR count). The van der Waals surface area contributed by atoms with E-state index in [2.05, 4.69) is 55.9 Å². The van der Waals surface area contributed by atoms with Crippen molar-refractivity contribution in [3.8, 4) is 0 Å². The second-order valence-corrected chi connectivity index (χ2v) is 5.49. The minimum atomic E-state index is 0.343. The third kappa shape index (κ3) is 3.05. The average molecular weight is 286 g/mol. The summed E-state index contributed by atoms with van der Waals surface area (Å²) in [4.78, 5) is 6.87. The minimum absolute atomic E-state index is 0.343. The molecule has 2 aromatic heterocycles. The summed E-state index contributed by atoms with van der Waals surface area (Å²) in [6.07, 6.45) is 4.91. The van der Waals surface area contributed by atoms with Crippen LogP contribution in [0, 0.1) is 0 Å². The van der Waals surface area contributed by atoms with Gasteiger partial charge in [-0.2, -0.15) is 0 Å². The second kappa shape index (κ2) is 6.22. The second-order valence-electron chi connectivity index (χ2n) is 5.49. The quantitative estimate of drug-likeness (QED) is 0.907. The van der Waals surface area contributed by atoms with E-state index in [0.29, 0.717) is 6.04 Å². The van der Waals surface area contributed by atoms with Crippen LogP contribution < -0.4 is 10.2 Å². The van der Waals surface area contributed by atoms with E-state index in [-0.39, 0.29) is 0 Å². The SMILES string of the molecule is CCCNC(C)c1ccc(N2CCn3cnnc3C2)nc1. The van der Waals surface area contributed by atoms with Crippen molar-refractivity contribution in [1.29, 1.82) is 0 Å². The lowest BCUT2D eigenvalue weighted by atomic mass is 10.1. The fraction of sp³-hybridized carbons (Fsp3) is 0.533. The van der Waals surface area contributed by atoms with E-state index in [1.807, 2.05) is 6.20 Å². The molecule has 0 saturated heterocycles. The van der Waals surface area contributed by atoms with Crippen LogP contribution in [0.25, 0.3) is 0 Å². The summed E-state index contributed by atoms with van der Waals surface area (Å²) in [6.45, 7) is 8.02. The van der Waals surface area contributed by atoms with Gasteiger partial charge < -0.3 is 14.8 Å². The van der Waals surface area contributed by atoms with E-state index in [0.717, 1.165) is 44.2 Å². The van der Waals surface area contributed by atoms with Crippen LogP contribution in [0.3, 0.4) is 0 Å². The highest BCUT2D eigenvalue weighted by molar-refractivity contribution is 5.40. The van der Waals surface area contributed by atoms with Gasteiger partial charge in [-0.1, -0.05) is 13.0 Å². The Morgan fingerprint density at radius 3 is 3.00 bits per heavy atom. The molecule has 0 spiro atoms. The zero-order valence-corrected chi connectivity index (χ0v) is 12.7. The lowest BCUT2D eigenvalue weighted by Crippen LogP contribution is -2.34. The highest BCUT2D eigenvalue weighted by Gasteiger charge is 2.18. The number of nitrogens with one attached hydrogen (secondary N) is 1. The van der Waals surface area contributed by atoms with E-state index < -0.39 is 0 Å². The smallest absolute Gasteiger partial charge is 0.152 e. The lowest BCUT2D eigenvalue weighted by molar-refractivity contribution is 0.553. The minimum Gasteiger partial charge on any atom is -0.347 e. The van der Waals surface area contributed by atoms with Crippen molar-refractivity contribution in [2.45, 2.75) is 39.4 Å². The largest absolute Gasteiger partial charge is 0.347 e. The molecule has 1 atom stereocenters. The molecule has 3 heterocycles. The summed E-state index contributed by atoms with van der Waals surface area (Å²) in [5.74, 6) is 2.01. The molecule has 0 bridgehead atoms. The van der Waals surface area contributed by atoms with E-state index in [9.17, 15) is 0 Å². The maximum atomic E-state index is 4.62. The summed E-state index contributed by atoms with van der Waals surface area (Å²) >= 11 is 0. The summed E-state index contributed by atoms with van der Waals surface area (Å²) in [5.41, 5.74) is 1.23. The molecule has 0 amide bonds. The van der Waals surface area contributed by atoms with Crippen LogP contribution >= 0.6 is 0 Å². The Kier molecular flexibility index (Phi) is 4.15. The predicted octanol–water partition coefficient (Wildman–Crippen LogP) is 1.75. The van der Waals surface area contributed by atoms with Gasteiger partial charge in [0, 0.05) is 25.3 Å². The third-order valence-electron chi connectivity index (χ3n) is 3.93. The number of fused-ring (bicyclic) bond motifs is 1. The molecule has 0 radical (unpaired) electrons. The topological polar surface area (TPSA) is 58.9 Å². The number of rotatable bonds is 5. The van der Waals surface area contributed by atoms with Gasteiger partial charge in [-0.15, -0.1) is 10.2 Å².